The molecule has 0 bridgehead atoms. The number of esters is 1. The minimum Gasteiger partial charge on any atom is -0.458 e. The van der Waals surface area contributed by atoms with Crippen molar-refractivity contribution in [1.29, 1.82) is 0 Å². The second-order valence-electron chi connectivity index (χ2n) is 9.44. The van der Waals surface area contributed by atoms with Crippen molar-refractivity contribution in [1.82, 2.24) is 9.55 Å². The minimum absolute atomic E-state index is 0.0715. The van der Waals surface area contributed by atoms with Crippen LogP contribution in [-0.2, 0) is 28.3 Å². The topological polar surface area (TPSA) is 107 Å². The van der Waals surface area contributed by atoms with Crippen LogP contribution in [0, 0.1) is 18.7 Å². The Morgan fingerprint density at radius 2 is 2.06 bits per heavy atom. The molecule has 1 fully saturated rings. The molecule has 8 heteroatoms. The number of carbonyl (C=O) groups excluding carboxylic acids is 1. The van der Waals surface area contributed by atoms with Gasteiger partial charge in [-0.15, -0.1) is 0 Å². The summed E-state index contributed by atoms with van der Waals surface area (Å²) in [4.78, 5) is 30.6. The fourth-order valence-electron chi connectivity index (χ4n) is 5.31. The summed E-state index contributed by atoms with van der Waals surface area (Å²) in [6.45, 7) is 3.48. The normalized spacial score (nSPS) is 22.0. The number of ether oxygens (including phenoxy) is 1. The van der Waals surface area contributed by atoms with Crippen molar-refractivity contribution in [3.8, 4) is 11.4 Å². The van der Waals surface area contributed by atoms with E-state index in [2.05, 4.69) is 0 Å². The first-order chi connectivity index (χ1) is 15.7. The summed E-state index contributed by atoms with van der Waals surface area (Å²) in [5, 5.41) is 11.9. The number of cyclic esters (lactones) is 1. The number of hydrogen-bond acceptors (Lipinski definition) is 6. The van der Waals surface area contributed by atoms with E-state index in [1.807, 2.05) is 0 Å². The molecule has 1 aliphatic carbocycles. The fourth-order valence-corrected chi connectivity index (χ4v) is 5.31. The van der Waals surface area contributed by atoms with Gasteiger partial charge in [0.05, 0.1) is 29.0 Å². The van der Waals surface area contributed by atoms with Crippen LogP contribution < -0.4 is 11.3 Å². The molecule has 0 radical (unpaired) electrons. The van der Waals surface area contributed by atoms with E-state index in [1.54, 1.807) is 30.5 Å². The van der Waals surface area contributed by atoms with Crippen molar-refractivity contribution in [2.75, 3.05) is 0 Å². The molecule has 1 aromatic carbocycles. The van der Waals surface area contributed by atoms with Crippen LogP contribution in [0.3, 0.4) is 0 Å². The monoisotopic (exact) mass is 449 g/mol. The van der Waals surface area contributed by atoms with E-state index in [-0.39, 0.29) is 48.1 Å². The van der Waals surface area contributed by atoms with E-state index >= 15 is 0 Å². The van der Waals surface area contributed by atoms with Crippen molar-refractivity contribution < 1.29 is 19.0 Å². The maximum Gasteiger partial charge on any atom is 0.343 e. The Morgan fingerprint density at radius 3 is 2.76 bits per heavy atom. The molecule has 2 atom stereocenters. The number of nitrogens with zero attached hydrogens (tertiary/aromatic N) is 2. The molecule has 33 heavy (non-hydrogen) atoms. The summed E-state index contributed by atoms with van der Waals surface area (Å²) in [5.74, 6) is -0.778. The summed E-state index contributed by atoms with van der Waals surface area (Å²) >= 11 is 0. The summed E-state index contributed by atoms with van der Waals surface area (Å²) < 4.78 is 21.2. The van der Waals surface area contributed by atoms with Crippen LogP contribution in [0.25, 0.3) is 22.3 Å². The van der Waals surface area contributed by atoms with Crippen LogP contribution in [0.2, 0.25) is 0 Å². The first-order valence-corrected chi connectivity index (χ1v) is 11.3. The number of aromatic nitrogens is 2. The highest BCUT2D eigenvalue weighted by atomic mass is 19.1. The summed E-state index contributed by atoms with van der Waals surface area (Å²) in [5.41, 5.74) is 8.81. The van der Waals surface area contributed by atoms with Gasteiger partial charge in [0.15, 0.2) is 5.60 Å². The zero-order chi connectivity index (χ0) is 23.2. The number of fused-ring (bicyclic) bond motifs is 5. The molecule has 170 valence electrons. The van der Waals surface area contributed by atoms with E-state index in [1.165, 1.54) is 6.07 Å². The molecule has 6 rings (SSSR count). The molecular formula is C25H24FN3O4. The highest BCUT2D eigenvalue weighted by Gasteiger charge is 2.46. The van der Waals surface area contributed by atoms with Gasteiger partial charge in [-0.2, -0.15) is 0 Å². The molecule has 7 nitrogen and oxygen atoms in total. The number of rotatable bonds is 3. The lowest BCUT2D eigenvalue weighted by Gasteiger charge is -2.31. The molecule has 0 unspecified atom stereocenters. The third kappa shape index (κ3) is 2.71. The van der Waals surface area contributed by atoms with Gasteiger partial charge >= 0.3 is 5.97 Å². The Labute approximate surface area is 189 Å². The number of benzene rings is 1. The second kappa shape index (κ2) is 6.71. The standard InChI is InChI=1S/C25H24FN3O4/c1-3-25(32)16-7-19-22-14(9-29(19)23(30)15(16)10-33-24(25)31)20(21(27)12-4-5-12)13-6-11(2)17(26)8-18(13)28-22/h6-8,12,21,32H,3-5,9-10,27H2,1-2H3/t21-,25+/m1/s1. The van der Waals surface area contributed by atoms with E-state index < -0.39 is 11.6 Å². The molecule has 3 aromatic rings. The average molecular weight is 449 g/mol. The van der Waals surface area contributed by atoms with Gasteiger partial charge in [-0.25, -0.2) is 14.2 Å². The summed E-state index contributed by atoms with van der Waals surface area (Å²) in [6, 6.07) is 4.62. The molecule has 2 aromatic heterocycles. The summed E-state index contributed by atoms with van der Waals surface area (Å²) in [7, 11) is 0. The highest BCUT2D eigenvalue weighted by Crippen LogP contribution is 2.46. The number of pyridine rings is 2. The molecule has 2 aliphatic heterocycles. The van der Waals surface area contributed by atoms with Crippen LogP contribution in [0.5, 0.6) is 0 Å². The van der Waals surface area contributed by atoms with Gasteiger partial charge in [0.1, 0.15) is 12.4 Å². The van der Waals surface area contributed by atoms with Gasteiger partial charge < -0.3 is 20.1 Å². The van der Waals surface area contributed by atoms with Gasteiger partial charge in [-0.05, 0) is 55.4 Å². The van der Waals surface area contributed by atoms with Crippen LogP contribution >= 0.6 is 0 Å². The van der Waals surface area contributed by atoms with Gasteiger partial charge in [-0.1, -0.05) is 6.92 Å². The SMILES string of the molecule is CC[C@@]1(O)C(=O)OCc2c1cc1n(c2=O)Cc2c-1nc1cc(F)c(C)cc1c2[C@H](N)C1CC1. The number of aliphatic hydroxyl groups is 1. The van der Waals surface area contributed by atoms with Crippen molar-refractivity contribution in [2.24, 2.45) is 11.7 Å². The number of halogens is 1. The Balaban J connectivity index is 1.67. The Bertz CT molecular complexity index is 1440. The average Bonchev–Trinajstić information content (AvgIpc) is 3.58. The highest BCUT2D eigenvalue weighted by molar-refractivity contribution is 5.90. The third-order valence-electron chi connectivity index (χ3n) is 7.48. The van der Waals surface area contributed by atoms with Crippen molar-refractivity contribution in [2.45, 2.75) is 57.9 Å². The Kier molecular flexibility index (Phi) is 4.17. The number of hydrogen-bond donors (Lipinski definition) is 2. The maximum absolute atomic E-state index is 14.5. The second-order valence-corrected chi connectivity index (χ2v) is 9.44. The van der Waals surface area contributed by atoms with Crippen LogP contribution in [-0.4, -0.2) is 20.6 Å². The molecule has 3 aliphatic rings. The minimum atomic E-state index is -1.89. The maximum atomic E-state index is 14.5. The summed E-state index contributed by atoms with van der Waals surface area (Å²) in [6.07, 6.45) is 2.14. The van der Waals surface area contributed by atoms with Crippen molar-refractivity contribution in [3.05, 3.63) is 62.2 Å². The van der Waals surface area contributed by atoms with Gasteiger partial charge in [-0.3, -0.25) is 4.79 Å². The Morgan fingerprint density at radius 1 is 1.30 bits per heavy atom. The smallest absolute Gasteiger partial charge is 0.343 e. The lowest BCUT2D eigenvalue weighted by Crippen LogP contribution is -2.44. The molecule has 3 N–H and O–H groups in total. The van der Waals surface area contributed by atoms with Crippen molar-refractivity contribution >= 4 is 16.9 Å². The molecular weight excluding hydrogens is 425 g/mol. The quantitative estimate of drug-likeness (QED) is 0.466. The molecule has 0 amide bonds. The predicted octanol–water partition coefficient (Wildman–Crippen LogP) is 2.94. The molecule has 0 spiro atoms. The van der Waals surface area contributed by atoms with Crippen LogP contribution in [0.4, 0.5) is 4.39 Å². The lowest BCUT2D eigenvalue weighted by molar-refractivity contribution is -0.172. The van der Waals surface area contributed by atoms with E-state index in [4.69, 9.17) is 15.5 Å². The lowest BCUT2D eigenvalue weighted by atomic mass is 9.86. The Hall–Kier alpha value is -3.10. The third-order valence-corrected chi connectivity index (χ3v) is 7.48. The largest absolute Gasteiger partial charge is 0.458 e. The van der Waals surface area contributed by atoms with Crippen LogP contribution in [0.15, 0.2) is 23.0 Å². The predicted molar refractivity (Wildman–Crippen MR) is 119 cm³/mol. The van der Waals surface area contributed by atoms with Crippen LogP contribution in [0.1, 0.15) is 60.0 Å². The molecule has 0 saturated heterocycles. The van der Waals surface area contributed by atoms with E-state index in [0.717, 1.165) is 29.4 Å². The first-order valence-electron chi connectivity index (χ1n) is 11.3. The van der Waals surface area contributed by atoms with Crippen molar-refractivity contribution in [3.63, 3.8) is 0 Å². The number of aryl methyl sites for hydroxylation is 1. The van der Waals surface area contributed by atoms with Gasteiger partial charge in [0, 0.05) is 28.6 Å². The molecule has 1 saturated carbocycles. The zero-order valence-electron chi connectivity index (χ0n) is 18.4. The number of nitrogens with two attached hydrogens (primary N) is 1. The zero-order valence-corrected chi connectivity index (χ0v) is 18.4. The van der Waals surface area contributed by atoms with E-state index in [0.29, 0.717) is 28.4 Å². The fraction of sp³-hybridized carbons (Fsp3) is 0.400. The first kappa shape index (κ1) is 20.5. The number of carbonyl (C=O) groups is 1. The van der Waals surface area contributed by atoms with Gasteiger partial charge in [0.2, 0.25) is 0 Å². The molecule has 4 heterocycles. The van der Waals surface area contributed by atoms with E-state index in [9.17, 15) is 19.1 Å². The van der Waals surface area contributed by atoms with Gasteiger partial charge in [0.25, 0.3) is 5.56 Å².